The molecule has 0 atom stereocenters. The van der Waals surface area contributed by atoms with Crippen molar-refractivity contribution in [1.82, 2.24) is 9.88 Å². The predicted molar refractivity (Wildman–Crippen MR) is 127 cm³/mol. The third-order valence-corrected chi connectivity index (χ3v) is 6.58. The van der Waals surface area contributed by atoms with Crippen molar-refractivity contribution in [1.29, 1.82) is 0 Å². The number of carbonyl (C=O) groups excluding carboxylic acids is 3. The van der Waals surface area contributed by atoms with Gasteiger partial charge < -0.3 is 14.2 Å². The van der Waals surface area contributed by atoms with Crippen LogP contribution in [-0.4, -0.2) is 47.6 Å². The molecule has 0 unspecified atom stereocenters. The maximum Gasteiger partial charge on any atom is 0.339 e. The number of pyridine rings is 1. The topological polar surface area (TPSA) is 95.0 Å². The summed E-state index contributed by atoms with van der Waals surface area (Å²) in [6, 6.07) is 13.2. The summed E-state index contributed by atoms with van der Waals surface area (Å²) in [6.45, 7) is 0.123. The number of esters is 1. The molecule has 6 rings (SSSR count). The number of allylic oxidation sites excluding steroid dienone is 1. The van der Waals surface area contributed by atoms with Crippen molar-refractivity contribution < 1.29 is 28.6 Å². The van der Waals surface area contributed by atoms with E-state index < -0.39 is 18.5 Å². The SMILES string of the molecule is O=C(OCC(=O)N1CCCC1=O)c1c2c(nc3ccccc13)C(=Cc1ccc3c(c1)OCO3)CC2. The fraction of sp³-hybridized carbons (Fsp3) is 0.259. The highest BCUT2D eigenvalue weighted by Crippen LogP contribution is 2.39. The number of imide groups is 1. The maximum absolute atomic E-state index is 13.3. The van der Waals surface area contributed by atoms with Gasteiger partial charge >= 0.3 is 5.97 Å². The summed E-state index contributed by atoms with van der Waals surface area (Å²) in [5, 5.41) is 0.685. The van der Waals surface area contributed by atoms with Crippen molar-refractivity contribution in [2.24, 2.45) is 0 Å². The van der Waals surface area contributed by atoms with E-state index in [0.717, 1.165) is 33.0 Å². The molecule has 1 aromatic heterocycles. The number of carbonyl (C=O) groups is 3. The van der Waals surface area contributed by atoms with Gasteiger partial charge in [-0.25, -0.2) is 9.78 Å². The van der Waals surface area contributed by atoms with Crippen molar-refractivity contribution in [3.63, 3.8) is 0 Å². The summed E-state index contributed by atoms with van der Waals surface area (Å²) in [4.78, 5) is 43.5. The first-order valence-corrected chi connectivity index (χ1v) is 11.6. The molecule has 0 N–H and O–H groups in total. The number of amides is 2. The lowest BCUT2D eigenvalue weighted by Crippen LogP contribution is -2.35. The minimum absolute atomic E-state index is 0.214. The van der Waals surface area contributed by atoms with E-state index in [1.165, 1.54) is 0 Å². The molecule has 2 aromatic carbocycles. The van der Waals surface area contributed by atoms with Gasteiger partial charge in [0.15, 0.2) is 18.1 Å². The van der Waals surface area contributed by atoms with Crippen LogP contribution in [-0.2, 0) is 20.7 Å². The monoisotopic (exact) mass is 470 g/mol. The van der Waals surface area contributed by atoms with Crippen LogP contribution in [0, 0.1) is 0 Å². The van der Waals surface area contributed by atoms with Gasteiger partial charge in [-0.3, -0.25) is 14.5 Å². The zero-order valence-corrected chi connectivity index (χ0v) is 18.9. The molecule has 35 heavy (non-hydrogen) atoms. The summed E-state index contributed by atoms with van der Waals surface area (Å²) in [7, 11) is 0. The molecule has 0 saturated carbocycles. The molecule has 176 valence electrons. The number of benzene rings is 2. The molecule has 2 amide bonds. The lowest BCUT2D eigenvalue weighted by Gasteiger charge is -2.15. The number of ether oxygens (including phenoxy) is 3. The number of rotatable bonds is 4. The molecule has 1 fully saturated rings. The summed E-state index contributed by atoms with van der Waals surface area (Å²) < 4.78 is 16.3. The second-order valence-electron chi connectivity index (χ2n) is 8.73. The van der Waals surface area contributed by atoms with E-state index in [-0.39, 0.29) is 12.7 Å². The van der Waals surface area contributed by atoms with Crippen LogP contribution in [0.4, 0.5) is 0 Å². The summed E-state index contributed by atoms with van der Waals surface area (Å²) in [5.41, 5.74) is 4.65. The fourth-order valence-electron chi connectivity index (χ4n) is 4.91. The first-order chi connectivity index (χ1) is 17.1. The van der Waals surface area contributed by atoms with Gasteiger partial charge in [0.25, 0.3) is 5.91 Å². The van der Waals surface area contributed by atoms with Crippen LogP contribution in [0.15, 0.2) is 42.5 Å². The highest BCUT2D eigenvalue weighted by molar-refractivity contribution is 6.08. The average molecular weight is 470 g/mol. The van der Waals surface area contributed by atoms with E-state index >= 15 is 0 Å². The number of hydrogen-bond acceptors (Lipinski definition) is 7. The second-order valence-corrected chi connectivity index (χ2v) is 8.73. The molecule has 1 aliphatic carbocycles. The number of hydrogen-bond donors (Lipinski definition) is 0. The minimum atomic E-state index is -0.579. The van der Waals surface area contributed by atoms with Crippen LogP contribution in [0.2, 0.25) is 0 Å². The number of nitrogens with zero attached hydrogens (tertiary/aromatic N) is 2. The summed E-state index contributed by atoms with van der Waals surface area (Å²) in [5.74, 6) is 0.135. The van der Waals surface area contributed by atoms with Gasteiger partial charge in [0, 0.05) is 18.4 Å². The van der Waals surface area contributed by atoms with Crippen molar-refractivity contribution >= 4 is 40.3 Å². The second kappa shape index (κ2) is 8.54. The van der Waals surface area contributed by atoms with Crippen LogP contribution >= 0.6 is 0 Å². The average Bonchev–Trinajstić information content (AvgIpc) is 3.61. The Hall–Kier alpha value is -4.20. The predicted octanol–water partition coefficient (Wildman–Crippen LogP) is 3.76. The number of likely N-dealkylation sites (tertiary alicyclic amines) is 1. The van der Waals surface area contributed by atoms with E-state index in [1.54, 1.807) is 0 Å². The highest BCUT2D eigenvalue weighted by atomic mass is 16.7. The fourth-order valence-corrected chi connectivity index (χ4v) is 4.91. The molecule has 8 heteroatoms. The Labute approximate surface area is 201 Å². The van der Waals surface area contributed by atoms with Crippen LogP contribution in [0.3, 0.4) is 0 Å². The number of aromatic nitrogens is 1. The van der Waals surface area contributed by atoms with E-state index in [2.05, 4.69) is 0 Å². The largest absolute Gasteiger partial charge is 0.454 e. The normalized spacial score (nSPS) is 17.3. The molecule has 3 heterocycles. The third-order valence-electron chi connectivity index (χ3n) is 6.58. The quantitative estimate of drug-likeness (QED) is 0.536. The van der Waals surface area contributed by atoms with E-state index in [0.29, 0.717) is 54.4 Å². The first-order valence-electron chi connectivity index (χ1n) is 11.6. The Morgan fingerprint density at radius 1 is 1.06 bits per heavy atom. The molecule has 0 spiro atoms. The number of para-hydroxylation sites is 1. The van der Waals surface area contributed by atoms with Gasteiger partial charge in [-0.15, -0.1) is 0 Å². The van der Waals surface area contributed by atoms with E-state index in [9.17, 15) is 14.4 Å². The molecule has 0 bridgehead atoms. The molecular formula is C27H22N2O6. The van der Waals surface area contributed by atoms with Crippen molar-refractivity contribution in [3.05, 3.63) is 64.8 Å². The molecule has 2 aliphatic heterocycles. The molecule has 8 nitrogen and oxygen atoms in total. The van der Waals surface area contributed by atoms with E-state index in [4.69, 9.17) is 19.2 Å². The highest BCUT2D eigenvalue weighted by Gasteiger charge is 2.30. The Balaban J connectivity index is 1.34. The minimum Gasteiger partial charge on any atom is -0.454 e. The van der Waals surface area contributed by atoms with E-state index in [1.807, 2.05) is 48.5 Å². The smallest absolute Gasteiger partial charge is 0.339 e. The molecule has 3 aromatic rings. The van der Waals surface area contributed by atoms with Crippen LogP contribution in [0.5, 0.6) is 11.5 Å². The standard InChI is InChI=1S/C27H22N2O6/c30-23-6-3-11-29(23)24(31)14-33-27(32)25-18-4-1-2-5-20(18)28-26-17(8-9-19(25)26)12-16-7-10-21-22(13-16)35-15-34-21/h1-2,4-5,7,10,12-13H,3,6,8-9,11,14-15H2. The maximum atomic E-state index is 13.3. The molecular weight excluding hydrogens is 448 g/mol. The molecule has 1 saturated heterocycles. The van der Waals surface area contributed by atoms with Gasteiger partial charge in [-0.1, -0.05) is 24.3 Å². The van der Waals surface area contributed by atoms with Crippen LogP contribution in [0.25, 0.3) is 22.6 Å². The Morgan fingerprint density at radius 3 is 2.77 bits per heavy atom. The zero-order valence-electron chi connectivity index (χ0n) is 18.9. The zero-order chi connectivity index (χ0) is 23.9. The van der Waals surface area contributed by atoms with Gasteiger partial charge in [0.2, 0.25) is 12.7 Å². The van der Waals surface area contributed by atoms with Crippen molar-refractivity contribution in [2.75, 3.05) is 19.9 Å². The Morgan fingerprint density at radius 2 is 1.91 bits per heavy atom. The van der Waals surface area contributed by atoms with Crippen molar-refractivity contribution in [3.8, 4) is 11.5 Å². The first kappa shape index (κ1) is 21.3. The molecule has 3 aliphatic rings. The van der Waals surface area contributed by atoms with Gasteiger partial charge in [-0.2, -0.15) is 0 Å². The Bertz CT molecular complexity index is 1430. The number of fused-ring (bicyclic) bond motifs is 3. The van der Waals surface area contributed by atoms with Gasteiger partial charge in [0.1, 0.15) is 0 Å². The third kappa shape index (κ3) is 3.80. The lowest BCUT2D eigenvalue weighted by molar-refractivity contribution is -0.143. The van der Waals surface area contributed by atoms with Gasteiger partial charge in [0.05, 0.1) is 16.8 Å². The van der Waals surface area contributed by atoms with Gasteiger partial charge in [-0.05, 0) is 60.2 Å². The molecule has 0 radical (unpaired) electrons. The lowest BCUT2D eigenvalue weighted by atomic mass is 10.0. The van der Waals surface area contributed by atoms with Crippen LogP contribution in [0.1, 0.15) is 46.4 Å². The summed E-state index contributed by atoms with van der Waals surface area (Å²) in [6.07, 6.45) is 4.38. The summed E-state index contributed by atoms with van der Waals surface area (Å²) >= 11 is 0. The van der Waals surface area contributed by atoms with Crippen molar-refractivity contribution in [2.45, 2.75) is 25.7 Å². The van der Waals surface area contributed by atoms with Crippen LogP contribution < -0.4 is 9.47 Å². The Kier molecular flexibility index (Phi) is 5.21.